The Morgan fingerprint density at radius 3 is 2.65 bits per heavy atom. The lowest BCUT2D eigenvalue weighted by Crippen LogP contribution is -2.41. The average molecular weight is 492 g/mol. The van der Waals surface area contributed by atoms with Crippen molar-refractivity contribution in [2.45, 2.75) is 57.0 Å². The number of anilines is 2. The highest BCUT2D eigenvalue weighted by molar-refractivity contribution is 6.32. The Labute approximate surface area is 205 Å². The normalized spacial score (nSPS) is 23.0. The molecule has 3 N–H and O–H groups in total. The van der Waals surface area contributed by atoms with Crippen LogP contribution in [0.15, 0.2) is 35.3 Å². The third kappa shape index (κ3) is 6.09. The fourth-order valence-corrected chi connectivity index (χ4v) is 5.28. The number of hydrogen-bond acceptors (Lipinski definition) is 6. The molecule has 1 atom stereocenters. The third-order valence-corrected chi connectivity index (χ3v) is 7.36. The van der Waals surface area contributed by atoms with Crippen LogP contribution in [0.25, 0.3) is 0 Å². The average Bonchev–Trinajstić information content (AvgIpc) is 2.87. The highest BCUT2D eigenvalue weighted by atomic mass is 35.5. The fourth-order valence-electron chi connectivity index (χ4n) is 5.08. The van der Waals surface area contributed by atoms with Gasteiger partial charge in [-0.1, -0.05) is 11.6 Å². The van der Waals surface area contributed by atoms with Gasteiger partial charge in [0, 0.05) is 31.4 Å². The maximum Gasteiger partial charge on any atom is 0.287 e. The van der Waals surface area contributed by atoms with E-state index in [4.69, 9.17) is 22.1 Å². The van der Waals surface area contributed by atoms with Crippen molar-refractivity contribution in [2.24, 2.45) is 11.7 Å². The molecule has 2 aromatic rings. The lowest BCUT2D eigenvalue weighted by atomic mass is 9.89. The predicted octanol–water partition coefficient (Wildman–Crippen LogP) is 4.21. The van der Waals surface area contributed by atoms with E-state index in [1.54, 1.807) is 10.9 Å². The van der Waals surface area contributed by atoms with Crippen LogP contribution in [-0.4, -0.2) is 48.7 Å². The van der Waals surface area contributed by atoms with E-state index in [-0.39, 0.29) is 22.4 Å². The molecule has 34 heavy (non-hydrogen) atoms. The number of aromatic nitrogens is 2. The number of nitrogens with one attached hydrogen (secondary N) is 1. The molecule has 0 spiro atoms. The molecule has 1 saturated carbocycles. The highest BCUT2D eigenvalue weighted by Crippen LogP contribution is 2.33. The van der Waals surface area contributed by atoms with Gasteiger partial charge in [-0.05, 0) is 81.7 Å². The molecule has 186 valence electrons. The molecule has 7 nitrogen and oxygen atoms in total. The van der Waals surface area contributed by atoms with Crippen molar-refractivity contribution in [1.29, 1.82) is 0 Å². The van der Waals surface area contributed by atoms with Crippen molar-refractivity contribution in [1.82, 2.24) is 9.78 Å². The topological polar surface area (TPSA) is 85.4 Å². The van der Waals surface area contributed by atoms with E-state index in [0.717, 1.165) is 76.9 Å². The molecule has 0 bridgehead atoms. The maximum absolute atomic E-state index is 13.4. The second kappa shape index (κ2) is 12.0. The van der Waals surface area contributed by atoms with E-state index >= 15 is 0 Å². The second-order valence-electron chi connectivity index (χ2n) is 9.36. The van der Waals surface area contributed by atoms with Gasteiger partial charge in [-0.25, -0.2) is 9.07 Å². The van der Waals surface area contributed by atoms with Crippen LogP contribution in [0, 0.1) is 11.7 Å². The number of nitrogens with two attached hydrogens (primary N) is 1. The van der Waals surface area contributed by atoms with Gasteiger partial charge in [0.05, 0.1) is 24.5 Å². The molecule has 9 heteroatoms. The number of hydrogen-bond donors (Lipinski definition) is 2. The number of halogens is 2. The van der Waals surface area contributed by atoms with Crippen LogP contribution in [0.2, 0.25) is 5.02 Å². The summed E-state index contributed by atoms with van der Waals surface area (Å²) in [6.07, 6.45) is 8.22. The Kier molecular flexibility index (Phi) is 8.80. The highest BCUT2D eigenvalue weighted by Gasteiger charge is 2.28. The zero-order valence-corrected chi connectivity index (χ0v) is 20.4. The van der Waals surface area contributed by atoms with Crippen LogP contribution in [0.4, 0.5) is 15.8 Å². The Hall–Kier alpha value is -2.16. The van der Waals surface area contributed by atoms with E-state index in [9.17, 15) is 9.18 Å². The van der Waals surface area contributed by atoms with Gasteiger partial charge in [0.15, 0.2) is 0 Å². The molecule has 1 aliphatic heterocycles. The third-order valence-electron chi connectivity index (χ3n) is 6.99. The molecule has 4 rings (SSSR count). The standard InChI is InChI=1S/C25H35ClFN5O2/c26-24-23(29-15-18-3-1-14-34-17-18)16-30-32(25(24)33)22-10-8-21(9-11-22)31(13-2-12-28)20-6-4-19(27)5-7-20/h4-7,16,18,21-22,29H,1-3,8-15,17,28H2. The van der Waals surface area contributed by atoms with Crippen LogP contribution in [0.3, 0.4) is 0 Å². The predicted molar refractivity (Wildman–Crippen MR) is 134 cm³/mol. The van der Waals surface area contributed by atoms with E-state index in [1.807, 2.05) is 12.1 Å². The number of benzene rings is 1. The van der Waals surface area contributed by atoms with E-state index in [1.165, 1.54) is 12.1 Å². The van der Waals surface area contributed by atoms with Gasteiger partial charge in [0.25, 0.3) is 5.56 Å². The van der Waals surface area contributed by atoms with Crippen LogP contribution >= 0.6 is 11.6 Å². The van der Waals surface area contributed by atoms with Gasteiger partial charge in [0.1, 0.15) is 10.8 Å². The number of rotatable bonds is 9. The maximum atomic E-state index is 13.4. The minimum Gasteiger partial charge on any atom is -0.382 e. The summed E-state index contributed by atoms with van der Waals surface area (Å²) in [4.78, 5) is 15.3. The van der Waals surface area contributed by atoms with Crippen molar-refractivity contribution in [3.63, 3.8) is 0 Å². The molecule has 1 saturated heterocycles. The molecule has 1 aromatic carbocycles. The lowest BCUT2D eigenvalue weighted by molar-refractivity contribution is 0.0595. The van der Waals surface area contributed by atoms with Crippen LogP contribution in [0.5, 0.6) is 0 Å². The summed E-state index contributed by atoms with van der Waals surface area (Å²) in [5, 5.41) is 7.95. The van der Waals surface area contributed by atoms with E-state index in [2.05, 4.69) is 15.3 Å². The Bertz CT molecular complexity index is 972. The molecule has 0 amide bonds. The first-order valence-corrected chi connectivity index (χ1v) is 12.8. The first kappa shape index (κ1) is 24.9. The molecule has 1 aliphatic carbocycles. The summed E-state index contributed by atoms with van der Waals surface area (Å²) in [6, 6.07) is 6.99. The van der Waals surface area contributed by atoms with Gasteiger partial charge < -0.3 is 20.7 Å². The summed E-state index contributed by atoms with van der Waals surface area (Å²) >= 11 is 6.45. The molecule has 1 aromatic heterocycles. The Morgan fingerprint density at radius 1 is 1.21 bits per heavy atom. The smallest absolute Gasteiger partial charge is 0.287 e. The summed E-state index contributed by atoms with van der Waals surface area (Å²) < 4.78 is 20.5. The van der Waals surface area contributed by atoms with Crippen LogP contribution in [0.1, 0.15) is 51.0 Å². The zero-order valence-electron chi connectivity index (χ0n) is 19.6. The van der Waals surface area contributed by atoms with Crippen molar-refractivity contribution in [3.8, 4) is 0 Å². The first-order valence-electron chi connectivity index (χ1n) is 12.4. The molecular weight excluding hydrogens is 457 g/mol. The summed E-state index contributed by atoms with van der Waals surface area (Å²) in [5.74, 6) is 0.185. The first-order chi connectivity index (χ1) is 16.6. The van der Waals surface area contributed by atoms with Gasteiger partial charge in [-0.2, -0.15) is 5.10 Å². The number of nitrogens with zero attached hydrogens (tertiary/aromatic N) is 3. The Balaban J connectivity index is 1.39. The largest absolute Gasteiger partial charge is 0.382 e. The number of ether oxygens (including phenoxy) is 1. The SMILES string of the molecule is NCCCN(c1ccc(F)cc1)C1CCC(n2ncc(NCC3CCCOC3)c(Cl)c2=O)CC1. The monoisotopic (exact) mass is 491 g/mol. The van der Waals surface area contributed by atoms with Gasteiger partial charge in [-0.15, -0.1) is 0 Å². The van der Waals surface area contributed by atoms with Gasteiger partial charge in [0.2, 0.25) is 0 Å². The second-order valence-corrected chi connectivity index (χ2v) is 9.74. The lowest BCUT2D eigenvalue weighted by Gasteiger charge is -2.38. The summed E-state index contributed by atoms with van der Waals surface area (Å²) in [6.45, 7) is 3.72. The molecule has 0 radical (unpaired) electrons. The van der Waals surface area contributed by atoms with E-state index in [0.29, 0.717) is 24.2 Å². The van der Waals surface area contributed by atoms with E-state index < -0.39 is 0 Å². The molecule has 2 heterocycles. The summed E-state index contributed by atoms with van der Waals surface area (Å²) in [5.41, 5.74) is 7.11. The molecule has 1 unspecified atom stereocenters. The molecule has 2 fully saturated rings. The van der Waals surface area contributed by atoms with Crippen molar-refractivity contribution < 1.29 is 9.13 Å². The van der Waals surface area contributed by atoms with Gasteiger partial charge in [-0.3, -0.25) is 4.79 Å². The molecule has 2 aliphatic rings. The minimum absolute atomic E-state index is 0.0200. The van der Waals surface area contributed by atoms with Crippen LogP contribution in [-0.2, 0) is 4.74 Å². The minimum atomic E-state index is -0.242. The zero-order chi connectivity index (χ0) is 23.9. The van der Waals surface area contributed by atoms with Crippen molar-refractivity contribution in [2.75, 3.05) is 43.1 Å². The molecular formula is C25H35ClFN5O2. The fraction of sp³-hybridized carbons (Fsp3) is 0.600. The summed E-state index contributed by atoms with van der Waals surface area (Å²) in [7, 11) is 0. The van der Waals surface area contributed by atoms with Crippen molar-refractivity contribution in [3.05, 3.63) is 51.7 Å². The van der Waals surface area contributed by atoms with Crippen molar-refractivity contribution >= 4 is 23.0 Å². The van der Waals surface area contributed by atoms with Crippen LogP contribution < -0.4 is 21.5 Å². The quantitative estimate of drug-likeness (QED) is 0.546. The van der Waals surface area contributed by atoms with Gasteiger partial charge >= 0.3 is 0 Å². The Morgan fingerprint density at radius 2 is 1.97 bits per heavy atom.